The number of likely N-dealkylation sites (N-methyl/N-ethyl adjacent to an activating group) is 4. The molecule has 0 saturated heterocycles. The summed E-state index contributed by atoms with van der Waals surface area (Å²) in [5.41, 5.74) is 0. The van der Waals surface area contributed by atoms with E-state index in [-0.39, 0.29) is 12.4 Å². The van der Waals surface area contributed by atoms with Gasteiger partial charge in [-0.3, -0.25) is 0 Å². The van der Waals surface area contributed by atoms with Gasteiger partial charge >= 0.3 is 20.5 Å². The Kier molecular flexibility index (Phi) is 30.7. The van der Waals surface area contributed by atoms with Crippen LogP contribution in [0.2, 0.25) is 0 Å². The topological polar surface area (TPSA) is 33.2 Å². The van der Waals surface area contributed by atoms with Crippen LogP contribution in [-0.2, 0) is 16.3 Å². The maximum absolute atomic E-state index is 6.56. The van der Waals surface area contributed by atoms with Gasteiger partial charge in [0.25, 0.3) is 0 Å². The molecule has 0 bridgehead atoms. The summed E-state index contributed by atoms with van der Waals surface area (Å²) < 4.78 is 6.56. The van der Waals surface area contributed by atoms with E-state index in [0.717, 1.165) is 26.2 Å². The Morgan fingerprint density at radius 2 is 0.632 bits per heavy atom. The Balaban J connectivity index is -0.0000000999. The molecule has 7 heteroatoms. The number of halogens is 1. The van der Waals surface area contributed by atoms with Crippen LogP contribution in [-0.4, -0.2) is 106 Å². The van der Waals surface area contributed by atoms with Crippen molar-refractivity contribution in [3.8, 4) is 0 Å². The summed E-state index contributed by atoms with van der Waals surface area (Å²) in [5.74, 6) is 0. The fourth-order valence-corrected chi connectivity index (χ4v) is 0.800. The zero-order valence-corrected chi connectivity index (χ0v) is 15.4. The molecule has 0 aromatic rings. The van der Waals surface area contributed by atoms with Crippen molar-refractivity contribution in [3.63, 3.8) is 0 Å². The van der Waals surface area contributed by atoms with E-state index in [2.05, 4.69) is 92.3 Å². The first-order valence-corrected chi connectivity index (χ1v) is 6.40. The van der Waals surface area contributed by atoms with Gasteiger partial charge in [-0.05, 0) is 56.4 Å². The van der Waals surface area contributed by atoms with Gasteiger partial charge in [0.1, 0.15) is 0 Å². The fraction of sp³-hybridized carbons (Fsp3) is 1.00. The molecule has 0 aromatic heterocycles. The first-order valence-electron chi connectivity index (χ1n) is 5.98. The Bertz CT molecular complexity index is 118. The minimum absolute atomic E-state index is 0. The minimum atomic E-state index is 0. The van der Waals surface area contributed by atoms with Crippen molar-refractivity contribution >= 4 is 0 Å². The Hall–Kier alpha value is 0.609. The zero-order valence-electron chi connectivity index (χ0n) is 13.7. The van der Waals surface area contributed by atoms with Gasteiger partial charge in [-0.2, -0.15) is 0 Å². The monoisotopic (exact) mass is 347 g/mol. The van der Waals surface area contributed by atoms with Crippen LogP contribution in [0.3, 0.4) is 0 Å². The molecule has 0 spiro atoms. The van der Waals surface area contributed by atoms with Gasteiger partial charge in [-0.25, -0.2) is 0 Å². The van der Waals surface area contributed by atoms with E-state index in [0.29, 0.717) is 0 Å². The Morgan fingerprint density at radius 1 is 0.526 bits per heavy atom. The normalized spacial score (nSPS) is 9.84. The van der Waals surface area contributed by atoms with Crippen molar-refractivity contribution in [1.82, 2.24) is 19.6 Å². The van der Waals surface area contributed by atoms with Crippen molar-refractivity contribution < 1.29 is 32.9 Å². The summed E-state index contributed by atoms with van der Waals surface area (Å²) in [6.45, 7) is 4.58. The van der Waals surface area contributed by atoms with Gasteiger partial charge in [0.15, 0.2) is 0 Å². The van der Waals surface area contributed by atoms with Gasteiger partial charge in [0.05, 0.1) is 0 Å². The number of hydrogen-bond acceptors (Lipinski definition) is 5. The number of nitrogens with zero attached hydrogens (tertiary/aromatic N) is 4. The van der Waals surface area contributed by atoms with Crippen LogP contribution < -0.4 is 12.4 Å². The molecule has 19 heavy (non-hydrogen) atoms. The van der Waals surface area contributed by atoms with Crippen molar-refractivity contribution in [2.45, 2.75) is 0 Å². The molecule has 0 radical (unpaired) electrons. The van der Waals surface area contributed by atoms with Crippen molar-refractivity contribution in [2.75, 3.05) is 82.6 Å². The third-order valence-corrected chi connectivity index (χ3v) is 1.99. The van der Waals surface area contributed by atoms with Crippen LogP contribution in [0.5, 0.6) is 0 Å². The van der Waals surface area contributed by atoms with E-state index < -0.39 is 0 Å². The van der Waals surface area contributed by atoms with E-state index in [1.807, 2.05) is 0 Å². The predicted molar refractivity (Wildman–Crippen MR) is 76.4 cm³/mol. The summed E-state index contributed by atoms with van der Waals surface area (Å²) >= 11 is 3.19. The molecule has 5 nitrogen and oxygen atoms in total. The molecule has 0 aromatic carbocycles. The van der Waals surface area contributed by atoms with Crippen LogP contribution >= 0.6 is 0 Å². The molecule has 0 aliphatic heterocycles. The van der Waals surface area contributed by atoms with Gasteiger partial charge in [-0.15, -0.1) is 0 Å². The molecule has 0 fully saturated rings. The third-order valence-electron chi connectivity index (χ3n) is 1.99. The number of rotatable bonds is 6. The third kappa shape index (κ3) is 45.6. The molecular weight excluding hydrogens is 315 g/mol. The second-order valence-corrected chi connectivity index (χ2v) is 5.21. The molecule has 1 N–H and O–H groups in total. The summed E-state index contributed by atoms with van der Waals surface area (Å²) in [6.07, 6.45) is 0. The van der Waals surface area contributed by atoms with Crippen LogP contribution in [0.1, 0.15) is 0 Å². The van der Waals surface area contributed by atoms with Crippen molar-refractivity contribution in [2.24, 2.45) is 0 Å². The second-order valence-electron chi connectivity index (χ2n) is 5.21. The predicted octanol–water partition coefficient (Wildman–Crippen LogP) is -3.34. The molecule has 0 aliphatic carbocycles. The van der Waals surface area contributed by atoms with Gasteiger partial charge < -0.3 is 32.0 Å². The van der Waals surface area contributed by atoms with E-state index in [4.69, 9.17) is 4.19 Å². The van der Waals surface area contributed by atoms with E-state index in [9.17, 15) is 0 Å². The maximum atomic E-state index is 6.56. The van der Waals surface area contributed by atoms with Crippen LogP contribution in [0.4, 0.5) is 0 Å². The van der Waals surface area contributed by atoms with Crippen molar-refractivity contribution in [1.29, 1.82) is 0 Å². The molecule has 0 atom stereocenters. The van der Waals surface area contributed by atoms with Crippen LogP contribution in [0.15, 0.2) is 0 Å². The fourth-order valence-electron chi connectivity index (χ4n) is 0.800. The molecule has 0 unspecified atom stereocenters. The van der Waals surface area contributed by atoms with E-state index in [1.165, 1.54) is 0 Å². The van der Waals surface area contributed by atoms with Gasteiger partial charge in [-0.1, -0.05) is 0 Å². The Labute approximate surface area is 135 Å². The molecular formula is C12H33ClCuN4O. The average Bonchev–Trinajstić information content (AvgIpc) is 2.27. The molecule has 0 amide bonds. The van der Waals surface area contributed by atoms with Crippen LogP contribution in [0.25, 0.3) is 0 Å². The average molecular weight is 348 g/mol. The Morgan fingerprint density at radius 3 is 0.684 bits per heavy atom. The molecule has 0 rings (SSSR count). The summed E-state index contributed by atoms with van der Waals surface area (Å²) in [6, 6.07) is 0. The molecule has 0 saturated carbocycles. The first kappa shape index (κ1) is 27.9. The van der Waals surface area contributed by atoms with Crippen molar-refractivity contribution in [3.05, 3.63) is 0 Å². The SMILES string of the molecule is CN(C)CCN(C)C.CN(C)CCN(C)C.[Cl-].[OH][Cu+]. The van der Waals surface area contributed by atoms with E-state index in [1.54, 1.807) is 0 Å². The first-order chi connectivity index (χ1) is 8.25. The summed E-state index contributed by atoms with van der Waals surface area (Å²) in [5, 5.41) is 0. The van der Waals surface area contributed by atoms with E-state index >= 15 is 0 Å². The molecule has 0 aliphatic rings. The van der Waals surface area contributed by atoms with Gasteiger partial charge in [0.2, 0.25) is 0 Å². The summed E-state index contributed by atoms with van der Waals surface area (Å²) in [4.78, 5) is 8.72. The van der Waals surface area contributed by atoms with Gasteiger partial charge in [0, 0.05) is 26.2 Å². The molecule has 0 heterocycles. The standard InChI is InChI=1S/2C6H16N2.ClH.Cu.H2O/c2*1-7(2)5-6-8(3)4;;;/h2*5-6H2,1-4H3;1H;;1H2/q;;;+2;/p-2. The second kappa shape index (κ2) is 20.9. The number of hydrogen-bond donors (Lipinski definition) is 1. The zero-order chi connectivity index (χ0) is 15.1. The summed E-state index contributed by atoms with van der Waals surface area (Å²) in [7, 11) is 16.7. The quantitative estimate of drug-likeness (QED) is 0.508. The van der Waals surface area contributed by atoms with Crippen LogP contribution in [0, 0.1) is 0 Å². The molecule has 125 valence electrons.